The molecule has 7 nitrogen and oxygen atoms in total. The van der Waals surface area contributed by atoms with Crippen LogP contribution in [0.4, 0.5) is 0 Å². The molecule has 0 unspecified atom stereocenters. The van der Waals surface area contributed by atoms with Gasteiger partial charge in [0.05, 0.1) is 5.75 Å². The molecule has 148 valence electrons. The first-order valence-corrected chi connectivity index (χ1v) is 10.4. The molecule has 0 aliphatic carbocycles. The number of hydrogen-bond donors (Lipinski definition) is 1. The number of carbonyl (C=O) groups excluding carboxylic acids is 1. The number of piperazine rings is 1. The van der Waals surface area contributed by atoms with Gasteiger partial charge in [-0.15, -0.1) is 0 Å². The second kappa shape index (κ2) is 8.22. The summed E-state index contributed by atoms with van der Waals surface area (Å²) in [6.45, 7) is 5.32. The minimum atomic E-state index is -3.82. The molecule has 1 saturated heterocycles. The molecule has 2 rings (SSSR count). The number of likely N-dealkylation sites (N-methyl/N-ethyl adjacent to an activating group) is 1. The SMILES string of the molecule is CN1CCN(C(=O)C(C)(C)S(=O)(=O)Cc2ccccc2/C=C/C(=O)O)CC1. The Labute approximate surface area is 160 Å². The Morgan fingerprint density at radius 1 is 1.15 bits per heavy atom. The van der Waals surface area contributed by atoms with Crippen LogP contribution in [0.2, 0.25) is 0 Å². The lowest BCUT2D eigenvalue weighted by atomic mass is 10.1. The minimum absolute atomic E-state index is 0.334. The average Bonchev–Trinajstić information content (AvgIpc) is 2.60. The largest absolute Gasteiger partial charge is 0.478 e. The second-order valence-corrected chi connectivity index (χ2v) is 9.77. The number of benzene rings is 1. The highest BCUT2D eigenvalue weighted by molar-refractivity contribution is 7.92. The molecule has 0 saturated carbocycles. The molecule has 1 fully saturated rings. The first kappa shape index (κ1) is 21.1. The third-order valence-electron chi connectivity index (χ3n) is 4.89. The van der Waals surface area contributed by atoms with E-state index >= 15 is 0 Å². The Kier molecular flexibility index (Phi) is 6.43. The van der Waals surface area contributed by atoms with Crippen LogP contribution in [0, 0.1) is 0 Å². The first-order chi connectivity index (χ1) is 12.5. The van der Waals surface area contributed by atoms with Gasteiger partial charge < -0.3 is 14.9 Å². The fraction of sp³-hybridized carbons (Fsp3) is 0.474. The summed E-state index contributed by atoms with van der Waals surface area (Å²) in [6.07, 6.45) is 2.33. The Morgan fingerprint density at radius 2 is 1.74 bits per heavy atom. The van der Waals surface area contributed by atoms with Gasteiger partial charge in [-0.1, -0.05) is 24.3 Å². The third-order valence-corrected chi connectivity index (χ3v) is 7.31. The molecule has 0 spiro atoms. The summed E-state index contributed by atoms with van der Waals surface area (Å²) in [5, 5.41) is 8.80. The normalized spacial score (nSPS) is 16.6. The lowest BCUT2D eigenvalue weighted by Crippen LogP contribution is -2.55. The van der Waals surface area contributed by atoms with Gasteiger partial charge in [-0.25, -0.2) is 13.2 Å². The monoisotopic (exact) mass is 394 g/mol. The highest BCUT2D eigenvalue weighted by Gasteiger charge is 2.44. The van der Waals surface area contributed by atoms with Crippen LogP contribution in [0.25, 0.3) is 6.08 Å². The Hall–Kier alpha value is -2.19. The predicted octanol–water partition coefficient (Wildman–Crippen LogP) is 1.25. The Morgan fingerprint density at radius 3 is 2.33 bits per heavy atom. The quantitative estimate of drug-likeness (QED) is 0.730. The molecule has 1 heterocycles. The van der Waals surface area contributed by atoms with Crippen LogP contribution in [0.3, 0.4) is 0 Å². The van der Waals surface area contributed by atoms with Gasteiger partial charge in [0.1, 0.15) is 4.75 Å². The minimum Gasteiger partial charge on any atom is -0.478 e. The Balaban J connectivity index is 2.25. The highest BCUT2D eigenvalue weighted by atomic mass is 32.2. The summed E-state index contributed by atoms with van der Waals surface area (Å²) in [4.78, 5) is 27.4. The number of hydrogen-bond acceptors (Lipinski definition) is 5. The smallest absolute Gasteiger partial charge is 0.328 e. The maximum Gasteiger partial charge on any atom is 0.328 e. The number of carboxylic acids is 1. The summed E-state index contributed by atoms with van der Waals surface area (Å²) in [5.74, 6) is -1.84. The van der Waals surface area contributed by atoms with E-state index in [0.717, 1.165) is 6.08 Å². The van der Waals surface area contributed by atoms with Crippen molar-refractivity contribution in [1.82, 2.24) is 9.80 Å². The number of amides is 1. The first-order valence-electron chi connectivity index (χ1n) is 8.74. The lowest BCUT2D eigenvalue weighted by molar-refractivity contribution is -0.134. The van der Waals surface area contributed by atoms with Crippen molar-refractivity contribution >= 4 is 27.8 Å². The molecule has 0 bridgehead atoms. The van der Waals surface area contributed by atoms with E-state index in [1.165, 1.54) is 19.9 Å². The molecule has 8 heteroatoms. The van der Waals surface area contributed by atoms with E-state index in [9.17, 15) is 18.0 Å². The average molecular weight is 394 g/mol. The third kappa shape index (κ3) is 4.95. The molecule has 27 heavy (non-hydrogen) atoms. The number of aliphatic carboxylic acids is 1. The second-order valence-electron chi connectivity index (χ2n) is 7.24. The molecule has 1 aliphatic rings. The van der Waals surface area contributed by atoms with E-state index in [-0.39, 0.29) is 5.75 Å². The van der Waals surface area contributed by atoms with E-state index in [0.29, 0.717) is 37.3 Å². The van der Waals surface area contributed by atoms with Crippen molar-refractivity contribution in [2.45, 2.75) is 24.3 Å². The number of carbonyl (C=O) groups is 2. The molecule has 1 aromatic carbocycles. The fourth-order valence-corrected chi connectivity index (χ4v) is 4.33. The number of nitrogens with zero attached hydrogens (tertiary/aromatic N) is 2. The molecular weight excluding hydrogens is 368 g/mol. The summed E-state index contributed by atoms with van der Waals surface area (Å²) in [6, 6.07) is 6.69. The molecule has 1 N–H and O–H groups in total. The zero-order valence-corrected chi connectivity index (χ0v) is 16.7. The molecule has 0 radical (unpaired) electrons. The van der Waals surface area contributed by atoms with Gasteiger partial charge in [0, 0.05) is 32.3 Å². The molecule has 1 amide bonds. The van der Waals surface area contributed by atoms with Crippen molar-refractivity contribution in [2.24, 2.45) is 0 Å². The van der Waals surface area contributed by atoms with Crippen LogP contribution in [0.15, 0.2) is 30.3 Å². The van der Waals surface area contributed by atoms with Gasteiger partial charge in [0.25, 0.3) is 0 Å². The summed E-state index contributed by atoms with van der Waals surface area (Å²) < 4.78 is 24.6. The van der Waals surface area contributed by atoms with Crippen molar-refractivity contribution < 1.29 is 23.1 Å². The maximum atomic E-state index is 13.1. The van der Waals surface area contributed by atoms with Crippen LogP contribution >= 0.6 is 0 Å². The van der Waals surface area contributed by atoms with E-state index in [1.54, 1.807) is 29.2 Å². The van der Waals surface area contributed by atoms with E-state index < -0.39 is 26.5 Å². The van der Waals surface area contributed by atoms with Crippen molar-refractivity contribution in [2.75, 3.05) is 33.2 Å². The lowest BCUT2D eigenvalue weighted by Gasteiger charge is -2.37. The number of carboxylic acid groups (broad SMARTS) is 1. The van der Waals surface area contributed by atoms with E-state index in [1.807, 2.05) is 7.05 Å². The maximum absolute atomic E-state index is 13.1. The van der Waals surface area contributed by atoms with Crippen molar-refractivity contribution in [3.8, 4) is 0 Å². The molecule has 1 aromatic rings. The fourth-order valence-electron chi connectivity index (χ4n) is 2.90. The molecule has 0 atom stereocenters. The van der Waals surface area contributed by atoms with Gasteiger partial charge in [-0.3, -0.25) is 4.79 Å². The number of sulfone groups is 1. The van der Waals surface area contributed by atoms with Crippen molar-refractivity contribution in [3.63, 3.8) is 0 Å². The van der Waals surface area contributed by atoms with Crippen molar-refractivity contribution in [1.29, 1.82) is 0 Å². The van der Waals surface area contributed by atoms with Crippen LogP contribution in [-0.4, -0.2) is 73.2 Å². The number of rotatable bonds is 6. The van der Waals surface area contributed by atoms with Gasteiger partial charge >= 0.3 is 5.97 Å². The molecule has 1 aliphatic heterocycles. The van der Waals surface area contributed by atoms with Gasteiger partial charge in [-0.05, 0) is 38.1 Å². The molecule has 0 aromatic heterocycles. The van der Waals surface area contributed by atoms with E-state index in [4.69, 9.17) is 5.11 Å². The standard InChI is InChI=1S/C19H26N2O5S/c1-19(2,18(24)21-12-10-20(3)11-13-21)27(25,26)14-16-7-5-4-6-15(16)8-9-17(22)23/h4-9H,10-14H2,1-3H3,(H,22,23)/b9-8+. The van der Waals surface area contributed by atoms with Crippen LogP contribution in [0.5, 0.6) is 0 Å². The Bertz CT molecular complexity index is 837. The van der Waals surface area contributed by atoms with Crippen LogP contribution in [0.1, 0.15) is 25.0 Å². The predicted molar refractivity (Wildman–Crippen MR) is 104 cm³/mol. The van der Waals surface area contributed by atoms with Crippen molar-refractivity contribution in [3.05, 3.63) is 41.5 Å². The zero-order valence-electron chi connectivity index (χ0n) is 15.9. The summed E-state index contributed by atoms with van der Waals surface area (Å²) in [7, 11) is -1.86. The van der Waals surface area contributed by atoms with Gasteiger partial charge in [-0.2, -0.15) is 0 Å². The molecular formula is C19H26N2O5S. The van der Waals surface area contributed by atoms with Crippen LogP contribution < -0.4 is 0 Å². The van der Waals surface area contributed by atoms with Gasteiger partial charge in [0.2, 0.25) is 5.91 Å². The van der Waals surface area contributed by atoms with E-state index in [2.05, 4.69) is 4.90 Å². The van der Waals surface area contributed by atoms with Crippen LogP contribution in [-0.2, 0) is 25.2 Å². The summed E-state index contributed by atoms with van der Waals surface area (Å²) in [5.41, 5.74) is 0.973. The highest BCUT2D eigenvalue weighted by Crippen LogP contribution is 2.26. The summed E-state index contributed by atoms with van der Waals surface area (Å²) >= 11 is 0. The zero-order chi connectivity index (χ0) is 20.2. The van der Waals surface area contributed by atoms with Gasteiger partial charge in [0.15, 0.2) is 9.84 Å². The topological polar surface area (TPSA) is 95.0 Å².